The molecule has 1 amide bonds. The summed E-state index contributed by atoms with van der Waals surface area (Å²) in [6.07, 6.45) is 1.27. The number of amides is 1. The zero-order valence-corrected chi connectivity index (χ0v) is 7.20. The number of H-pyrrole nitrogens is 1. The third-order valence-corrected chi connectivity index (χ3v) is 1.28. The van der Waals surface area contributed by atoms with Crippen molar-refractivity contribution in [3.63, 3.8) is 0 Å². The molecule has 76 valence electrons. The van der Waals surface area contributed by atoms with Crippen LogP contribution in [-0.4, -0.2) is 29.1 Å². The molecule has 0 saturated heterocycles. The van der Waals surface area contributed by atoms with E-state index in [1.54, 1.807) is 0 Å². The number of nitrogens with two attached hydrogens (primary N) is 1. The third-order valence-electron chi connectivity index (χ3n) is 1.28. The molecule has 0 saturated carbocycles. The molecule has 0 radical (unpaired) electrons. The molecule has 0 atom stereocenters. The van der Waals surface area contributed by atoms with Crippen LogP contribution in [0.3, 0.4) is 0 Å². The molecule has 0 fully saturated rings. The standard InChI is InChI=1S/C6H9FN6O/c7-1-2-11-13-12-6-4(5(8)14)9-3-10-6/h3H,1-2H2,(H2,8,14)(H,9,10)(H,11,12). The quantitative estimate of drug-likeness (QED) is 0.355. The highest BCUT2D eigenvalue weighted by atomic mass is 19.1. The molecular weight excluding hydrogens is 191 g/mol. The zero-order valence-electron chi connectivity index (χ0n) is 7.20. The molecule has 7 nitrogen and oxygen atoms in total. The Morgan fingerprint density at radius 1 is 1.79 bits per heavy atom. The molecule has 0 aromatic carbocycles. The number of alkyl halides is 1. The van der Waals surface area contributed by atoms with Gasteiger partial charge in [0, 0.05) is 0 Å². The highest BCUT2D eigenvalue weighted by molar-refractivity contribution is 5.94. The van der Waals surface area contributed by atoms with Gasteiger partial charge in [-0.2, -0.15) is 0 Å². The first-order valence-corrected chi connectivity index (χ1v) is 3.78. The summed E-state index contributed by atoms with van der Waals surface area (Å²) in [6.45, 7) is -0.492. The fourth-order valence-electron chi connectivity index (χ4n) is 0.722. The maximum atomic E-state index is 11.6. The summed E-state index contributed by atoms with van der Waals surface area (Å²) in [5.41, 5.74) is 7.30. The molecule has 4 N–H and O–H groups in total. The van der Waals surface area contributed by atoms with Crippen LogP contribution >= 0.6 is 0 Å². The van der Waals surface area contributed by atoms with Gasteiger partial charge in [0.25, 0.3) is 5.91 Å². The van der Waals surface area contributed by atoms with Crippen molar-refractivity contribution in [3.8, 4) is 0 Å². The fraction of sp³-hybridized carbons (Fsp3) is 0.333. The second-order valence-electron chi connectivity index (χ2n) is 2.26. The Hall–Kier alpha value is -1.99. The van der Waals surface area contributed by atoms with Gasteiger partial charge in [-0.15, -0.1) is 5.11 Å². The molecule has 14 heavy (non-hydrogen) atoms. The van der Waals surface area contributed by atoms with E-state index in [1.165, 1.54) is 6.33 Å². The predicted octanol–water partition coefficient (Wildman–Crippen LogP) is 0.0664. The number of hydrogen-bond donors (Lipinski definition) is 3. The van der Waals surface area contributed by atoms with Crippen LogP contribution in [-0.2, 0) is 0 Å². The molecule has 0 spiro atoms. The second kappa shape index (κ2) is 4.90. The molecule has 0 bridgehead atoms. The fourth-order valence-corrected chi connectivity index (χ4v) is 0.722. The van der Waals surface area contributed by atoms with Gasteiger partial charge in [-0.1, -0.05) is 5.22 Å². The number of carbonyl (C=O) groups excluding carboxylic acids is 1. The molecule has 0 aliphatic carbocycles. The van der Waals surface area contributed by atoms with E-state index in [2.05, 4.69) is 25.7 Å². The summed E-state index contributed by atoms with van der Waals surface area (Å²) < 4.78 is 11.6. The molecule has 0 aliphatic heterocycles. The van der Waals surface area contributed by atoms with Gasteiger partial charge >= 0.3 is 0 Å². The minimum absolute atomic E-state index is 0.00389. The Morgan fingerprint density at radius 3 is 3.21 bits per heavy atom. The lowest BCUT2D eigenvalue weighted by Gasteiger charge is -1.92. The van der Waals surface area contributed by atoms with E-state index in [0.29, 0.717) is 0 Å². The number of hydrogen-bond acceptors (Lipinski definition) is 4. The van der Waals surface area contributed by atoms with Gasteiger partial charge in [-0.05, 0) is 0 Å². The van der Waals surface area contributed by atoms with Crippen molar-refractivity contribution < 1.29 is 9.18 Å². The van der Waals surface area contributed by atoms with E-state index in [0.717, 1.165) is 0 Å². The molecule has 8 heteroatoms. The summed E-state index contributed by atoms with van der Waals surface area (Å²) in [7, 11) is 0. The third kappa shape index (κ3) is 2.51. The highest BCUT2D eigenvalue weighted by Crippen LogP contribution is 2.11. The Kier molecular flexibility index (Phi) is 3.53. The van der Waals surface area contributed by atoms with Gasteiger partial charge < -0.3 is 10.7 Å². The zero-order chi connectivity index (χ0) is 10.4. The van der Waals surface area contributed by atoms with Gasteiger partial charge in [-0.25, -0.2) is 9.37 Å². The minimum Gasteiger partial charge on any atom is -0.364 e. The maximum absolute atomic E-state index is 11.6. The highest BCUT2D eigenvalue weighted by Gasteiger charge is 2.09. The van der Waals surface area contributed by atoms with E-state index >= 15 is 0 Å². The van der Waals surface area contributed by atoms with Gasteiger partial charge in [0.15, 0.2) is 11.5 Å². The lowest BCUT2D eigenvalue weighted by Crippen LogP contribution is -2.11. The average molecular weight is 200 g/mol. The first-order valence-electron chi connectivity index (χ1n) is 3.78. The Balaban J connectivity index is 2.62. The second-order valence-corrected chi connectivity index (χ2v) is 2.26. The van der Waals surface area contributed by atoms with E-state index in [-0.39, 0.29) is 18.1 Å². The summed E-state index contributed by atoms with van der Waals surface area (Å²) in [4.78, 5) is 16.9. The summed E-state index contributed by atoms with van der Waals surface area (Å²) in [6, 6.07) is 0. The number of nitrogens with zero attached hydrogens (tertiary/aromatic N) is 3. The first-order chi connectivity index (χ1) is 6.75. The van der Waals surface area contributed by atoms with Crippen LogP contribution in [0.4, 0.5) is 10.2 Å². The van der Waals surface area contributed by atoms with Crippen molar-refractivity contribution in [1.29, 1.82) is 0 Å². The lowest BCUT2D eigenvalue weighted by atomic mass is 10.4. The van der Waals surface area contributed by atoms with Crippen LogP contribution in [0.5, 0.6) is 0 Å². The Morgan fingerprint density at radius 2 is 2.57 bits per heavy atom. The summed E-state index contributed by atoms with van der Waals surface area (Å²) in [5.74, 6) is -0.561. The Labute approximate surface area is 78.6 Å². The molecule has 1 heterocycles. The SMILES string of the molecule is NC(=O)c1nc[nH]c1/N=N/NCCF. The van der Waals surface area contributed by atoms with Crippen molar-refractivity contribution in [2.75, 3.05) is 13.2 Å². The molecular formula is C6H9FN6O. The number of aromatic nitrogens is 2. The molecule has 0 aliphatic rings. The van der Waals surface area contributed by atoms with E-state index in [4.69, 9.17) is 5.73 Å². The van der Waals surface area contributed by atoms with Crippen LogP contribution in [0.2, 0.25) is 0 Å². The van der Waals surface area contributed by atoms with E-state index in [1.807, 2.05) is 0 Å². The average Bonchev–Trinajstić information content (AvgIpc) is 2.60. The monoisotopic (exact) mass is 200 g/mol. The van der Waals surface area contributed by atoms with Gasteiger partial charge in [0.05, 0.1) is 12.9 Å². The van der Waals surface area contributed by atoms with Crippen molar-refractivity contribution in [2.45, 2.75) is 0 Å². The Bertz CT molecular complexity index is 335. The number of primary amides is 1. The maximum Gasteiger partial charge on any atom is 0.271 e. The molecule has 0 unspecified atom stereocenters. The molecule has 1 aromatic rings. The summed E-state index contributed by atoms with van der Waals surface area (Å²) in [5, 5.41) is 6.96. The largest absolute Gasteiger partial charge is 0.364 e. The van der Waals surface area contributed by atoms with Crippen molar-refractivity contribution >= 4 is 11.7 Å². The van der Waals surface area contributed by atoms with Crippen LogP contribution in [0.1, 0.15) is 10.5 Å². The van der Waals surface area contributed by atoms with Crippen LogP contribution in [0.15, 0.2) is 16.7 Å². The summed E-state index contributed by atoms with van der Waals surface area (Å²) >= 11 is 0. The topological polar surface area (TPSA) is 109 Å². The van der Waals surface area contributed by atoms with Crippen molar-refractivity contribution in [2.24, 2.45) is 16.1 Å². The van der Waals surface area contributed by atoms with Crippen LogP contribution in [0, 0.1) is 0 Å². The van der Waals surface area contributed by atoms with Crippen molar-refractivity contribution in [3.05, 3.63) is 12.0 Å². The van der Waals surface area contributed by atoms with E-state index in [9.17, 15) is 9.18 Å². The number of rotatable bonds is 5. The number of carbonyl (C=O) groups is 1. The number of halogens is 1. The first kappa shape index (κ1) is 10.1. The normalized spacial score (nSPS) is 10.6. The van der Waals surface area contributed by atoms with Crippen molar-refractivity contribution in [1.82, 2.24) is 15.4 Å². The minimum atomic E-state index is -0.703. The number of imidazole rings is 1. The van der Waals surface area contributed by atoms with Crippen LogP contribution in [0.25, 0.3) is 0 Å². The predicted molar refractivity (Wildman–Crippen MR) is 45.6 cm³/mol. The lowest BCUT2D eigenvalue weighted by molar-refractivity contribution is 0.0996. The van der Waals surface area contributed by atoms with Gasteiger partial charge in [0.2, 0.25) is 0 Å². The van der Waals surface area contributed by atoms with Crippen LogP contribution < -0.4 is 11.2 Å². The van der Waals surface area contributed by atoms with E-state index < -0.39 is 12.6 Å². The molecule has 1 aromatic heterocycles. The smallest absolute Gasteiger partial charge is 0.271 e. The number of nitrogens with one attached hydrogen (secondary N) is 2. The molecule has 1 rings (SSSR count). The number of aromatic amines is 1. The van der Waals surface area contributed by atoms with Gasteiger partial charge in [0.1, 0.15) is 6.67 Å². The van der Waals surface area contributed by atoms with Gasteiger partial charge in [-0.3, -0.25) is 10.2 Å².